The molecule has 0 aromatic rings. The summed E-state index contributed by atoms with van der Waals surface area (Å²) in [6.45, 7) is 4.05. The van der Waals surface area contributed by atoms with E-state index in [0.717, 1.165) is 26.1 Å². The molecule has 4 heteroatoms. The van der Waals surface area contributed by atoms with Crippen molar-refractivity contribution >= 4 is 0 Å². The van der Waals surface area contributed by atoms with E-state index in [1.165, 1.54) is 38.5 Å². The van der Waals surface area contributed by atoms with Gasteiger partial charge in [0.05, 0.1) is 13.2 Å². The minimum Gasteiger partial charge on any atom is -0.382 e. The summed E-state index contributed by atoms with van der Waals surface area (Å²) in [6.07, 6.45) is 8.97. The molecule has 19 heavy (non-hydrogen) atoms. The fraction of sp³-hybridized carbons (Fsp3) is 1.00. The predicted octanol–water partition coefficient (Wildman–Crippen LogP) is 2.02. The molecule has 4 nitrogen and oxygen atoms in total. The smallest absolute Gasteiger partial charge is 0.0700 e. The van der Waals surface area contributed by atoms with Crippen molar-refractivity contribution in [1.82, 2.24) is 4.90 Å². The Bertz CT molecular complexity index is 216. The Kier molecular flexibility index (Phi) is 8.62. The monoisotopic (exact) mass is 272 g/mol. The number of hydrogen-bond acceptors (Lipinski definition) is 4. The van der Waals surface area contributed by atoms with E-state index in [-0.39, 0.29) is 5.54 Å². The summed E-state index contributed by atoms with van der Waals surface area (Å²) in [4.78, 5) is 2.48. The van der Waals surface area contributed by atoms with Crippen molar-refractivity contribution in [1.29, 1.82) is 0 Å². The minimum atomic E-state index is 0.239. The van der Waals surface area contributed by atoms with E-state index in [4.69, 9.17) is 15.2 Å². The van der Waals surface area contributed by atoms with Crippen molar-refractivity contribution in [2.75, 3.05) is 47.1 Å². The Hall–Kier alpha value is -0.160. The molecule has 1 aliphatic rings. The molecule has 0 aromatic carbocycles. The largest absolute Gasteiger partial charge is 0.382 e. The second-order valence-corrected chi connectivity index (χ2v) is 5.72. The molecular weight excluding hydrogens is 240 g/mol. The van der Waals surface area contributed by atoms with Gasteiger partial charge in [0.15, 0.2) is 0 Å². The molecule has 0 aromatic heterocycles. The van der Waals surface area contributed by atoms with Crippen LogP contribution in [0.25, 0.3) is 0 Å². The van der Waals surface area contributed by atoms with Crippen molar-refractivity contribution < 1.29 is 9.47 Å². The van der Waals surface area contributed by atoms with Crippen LogP contribution in [-0.4, -0.2) is 57.5 Å². The quantitative estimate of drug-likeness (QED) is 0.515. The van der Waals surface area contributed by atoms with E-state index in [0.29, 0.717) is 13.2 Å². The second-order valence-electron chi connectivity index (χ2n) is 5.72. The van der Waals surface area contributed by atoms with E-state index in [2.05, 4.69) is 11.9 Å². The lowest BCUT2D eigenvalue weighted by atomic mass is 9.88. The third kappa shape index (κ3) is 5.78. The zero-order valence-electron chi connectivity index (χ0n) is 12.8. The summed E-state index contributed by atoms with van der Waals surface area (Å²) in [6, 6.07) is 0. The normalized spacial score (nSPS) is 19.6. The fourth-order valence-corrected chi connectivity index (χ4v) is 3.01. The Labute approximate surface area is 118 Å². The molecule has 0 spiro atoms. The molecule has 0 aliphatic heterocycles. The molecule has 0 atom stereocenters. The first kappa shape index (κ1) is 16.9. The fourth-order valence-electron chi connectivity index (χ4n) is 3.01. The van der Waals surface area contributed by atoms with Gasteiger partial charge in [0.2, 0.25) is 0 Å². The van der Waals surface area contributed by atoms with Crippen LogP contribution in [0.1, 0.15) is 44.9 Å². The van der Waals surface area contributed by atoms with Crippen LogP contribution in [0, 0.1) is 0 Å². The molecule has 1 aliphatic carbocycles. The van der Waals surface area contributed by atoms with Crippen LogP contribution in [0.15, 0.2) is 0 Å². The lowest BCUT2D eigenvalue weighted by molar-refractivity contribution is 0.0540. The number of nitrogens with zero attached hydrogens (tertiary/aromatic N) is 1. The SMILES string of the molecule is COCCOCCCN(C)C1(CN)CCCCCC1. The van der Waals surface area contributed by atoms with E-state index in [1.807, 2.05) is 0 Å². The minimum absolute atomic E-state index is 0.239. The first-order chi connectivity index (χ1) is 9.25. The van der Waals surface area contributed by atoms with Crippen LogP contribution < -0.4 is 5.73 Å². The summed E-state index contributed by atoms with van der Waals surface area (Å²) >= 11 is 0. The summed E-state index contributed by atoms with van der Waals surface area (Å²) in [5.41, 5.74) is 6.33. The average molecular weight is 272 g/mol. The predicted molar refractivity (Wildman–Crippen MR) is 79.4 cm³/mol. The Balaban J connectivity index is 2.26. The first-order valence-corrected chi connectivity index (χ1v) is 7.73. The summed E-state index contributed by atoms with van der Waals surface area (Å²) < 4.78 is 10.5. The lowest BCUT2D eigenvalue weighted by Crippen LogP contribution is -2.52. The highest BCUT2D eigenvalue weighted by Crippen LogP contribution is 2.31. The van der Waals surface area contributed by atoms with Crippen LogP contribution in [0.3, 0.4) is 0 Å². The summed E-state index contributed by atoms with van der Waals surface area (Å²) in [5.74, 6) is 0. The van der Waals surface area contributed by atoms with Gasteiger partial charge < -0.3 is 15.2 Å². The van der Waals surface area contributed by atoms with Crippen LogP contribution in [0.4, 0.5) is 0 Å². The topological polar surface area (TPSA) is 47.7 Å². The van der Waals surface area contributed by atoms with Crippen molar-refractivity contribution in [2.45, 2.75) is 50.5 Å². The van der Waals surface area contributed by atoms with Gasteiger partial charge in [-0.3, -0.25) is 4.90 Å². The molecule has 0 unspecified atom stereocenters. The average Bonchev–Trinajstić information content (AvgIpc) is 2.68. The van der Waals surface area contributed by atoms with E-state index in [9.17, 15) is 0 Å². The Morgan fingerprint density at radius 1 is 1.05 bits per heavy atom. The number of ether oxygens (including phenoxy) is 2. The van der Waals surface area contributed by atoms with Crippen molar-refractivity contribution in [3.63, 3.8) is 0 Å². The molecule has 0 heterocycles. The zero-order valence-corrected chi connectivity index (χ0v) is 12.8. The van der Waals surface area contributed by atoms with E-state index >= 15 is 0 Å². The number of nitrogens with two attached hydrogens (primary N) is 1. The molecule has 0 saturated heterocycles. The maximum atomic E-state index is 6.09. The van der Waals surface area contributed by atoms with Gasteiger partial charge in [-0.2, -0.15) is 0 Å². The van der Waals surface area contributed by atoms with Gasteiger partial charge in [-0.15, -0.1) is 0 Å². The number of likely N-dealkylation sites (N-methyl/N-ethyl adjacent to an activating group) is 1. The molecule has 114 valence electrons. The molecule has 2 N–H and O–H groups in total. The number of methoxy groups -OCH3 is 1. The Morgan fingerprint density at radius 2 is 1.74 bits per heavy atom. The van der Waals surface area contributed by atoms with Gasteiger partial charge in [0.25, 0.3) is 0 Å². The van der Waals surface area contributed by atoms with Crippen LogP contribution in [-0.2, 0) is 9.47 Å². The third-order valence-electron chi connectivity index (χ3n) is 4.44. The Morgan fingerprint density at radius 3 is 2.32 bits per heavy atom. The van der Waals surface area contributed by atoms with Crippen LogP contribution >= 0.6 is 0 Å². The lowest BCUT2D eigenvalue weighted by Gasteiger charge is -2.41. The van der Waals surface area contributed by atoms with Crippen LogP contribution in [0.5, 0.6) is 0 Å². The second kappa shape index (κ2) is 9.70. The zero-order chi connectivity index (χ0) is 14.0. The highest BCUT2D eigenvalue weighted by atomic mass is 16.5. The van der Waals surface area contributed by atoms with Gasteiger partial charge in [-0.1, -0.05) is 25.7 Å². The molecule has 1 rings (SSSR count). The molecular formula is C15H32N2O2. The number of hydrogen-bond donors (Lipinski definition) is 1. The maximum absolute atomic E-state index is 6.09. The van der Waals surface area contributed by atoms with E-state index < -0.39 is 0 Å². The third-order valence-corrected chi connectivity index (χ3v) is 4.44. The maximum Gasteiger partial charge on any atom is 0.0700 e. The number of rotatable bonds is 9. The molecule has 1 fully saturated rings. The molecule has 0 amide bonds. The summed E-state index contributed by atoms with van der Waals surface area (Å²) in [5, 5.41) is 0. The van der Waals surface area contributed by atoms with Crippen LogP contribution in [0.2, 0.25) is 0 Å². The molecule has 0 radical (unpaired) electrons. The first-order valence-electron chi connectivity index (χ1n) is 7.73. The van der Waals surface area contributed by atoms with E-state index in [1.54, 1.807) is 7.11 Å². The highest BCUT2D eigenvalue weighted by Gasteiger charge is 2.33. The summed E-state index contributed by atoms with van der Waals surface area (Å²) in [7, 11) is 3.93. The molecule has 0 bridgehead atoms. The standard InChI is InChI=1S/C15H32N2O2/c1-17(10-7-11-19-13-12-18-2)15(14-16)8-5-3-4-6-9-15/h3-14,16H2,1-2H3. The van der Waals surface area contributed by atoms with Crippen molar-refractivity contribution in [3.05, 3.63) is 0 Å². The van der Waals surface area contributed by atoms with Crippen molar-refractivity contribution in [3.8, 4) is 0 Å². The van der Waals surface area contributed by atoms with Gasteiger partial charge in [0, 0.05) is 32.3 Å². The van der Waals surface area contributed by atoms with Gasteiger partial charge in [-0.25, -0.2) is 0 Å². The molecule has 1 saturated carbocycles. The van der Waals surface area contributed by atoms with Gasteiger partial charge in [0.1, 0.15) is 0 Å². The van der Waals surface area contributed by atoms with Crippen molar-refractivity contribution in [2.24, 2.45) is 5.73 Å². The van der Waals surface area contributed by atoms with Gasteiger partial charge >= 0.3 is 0 Å². The van der Waals surface area contributed by atoms with Gasteiger partial charge in [-0.05, 0) is 26.3 Å². The highest BCUT2D eigenvalue weighted by molar-refractivity contribution is 4.91.